The molecule has 1 aliphatic rings. The molecule has 0 amide bonds. The van der Waals surface area contributed by atoms with Gasteiger partial charge < -0.3 is 10.6 Å². The number of nitrogens with one attached hydrogen (secondary N) is 2. The third-order valence-corrected chi connectivity index (χ3v) is 4.33. The fraction of sp³-hybridized carbons (Fsp3) is 0.333. The second-order valence-corrected chi connectivity index (χ2v) is 5.89. The molecule has 0 aliphatic carbocycles. The Balaban J connectivity index is 1.87. The lowest BCUT2D eigenvalue weighted by Crippen LogP contribution is -2.33. The van der Waals surface area contributed by atoms with E-state index in [0.717, 1.165) is 43.6 Å². The lowest BCUT2D eigenvalue weighted by molar-refractivity contribution is 0.335. The van der Waals surface area contributed by atoms with Crippen molar-refractivity contribution >= 4 is 5.69 Å². The summed E-state index contributed by atoms with van der Waals surface area (Å²) in [6.07, 6.45) is 1.94. The van der Waals surface area contributed by atoms with Gasteiger partial charge in [0.15, 0.2) is 11.6 Å². The van der Waals surface area contributed by atoms with Crippen molar-refractivity contribution in [1.82, 2.24) is 5.32 Å². The lowest BCUT2D eigenvalue weighted by atomic mass is 9.85. The molecule has 2 aromatic carbocycles. The van der Waals surface area contributed by atoms with Gasteiger partial charge in [0.2, 0.25) is 0 Å². The zero-order valence-electron chi connectivity index (χ0n) is 12.7. The SMILES string of the molecule is Fc1ccc(C(Nc2ccc(F)c(F)c2)C2CCNCC2)cc1. The van der Waals surface area contributed by atoms with Crippen molar-refractivity contribution < 1.29 is 13.2 Å². The van der Waals surface area contributed by atoms with Crippen molar-refractivity contribution in [2.45, 2.75) is 18.9 Å². The fourth-order valence-electron chi connectivity index (χ4n) is 3.09. The summed E-state index contributed by atoms with van der Waals surface area (Å²) in [7, 11) is 0. The van der Waals surface area contributed by atoms with E-state index in [9.17, 15) is 13.2 Å². The van der Waals surface area contributed by atoms with Crippen LogP contribution in [0.25, 0.3) is 0 Å². The molecule has 0 saturated carbocycles. The summed E-state index contributed by atoms with van der Waals surface area (Å²) in [5, 5.41) is 6.61. The molecule has 1 saturated heterocycles. The van der Waals surface area contributed by atoms with E-state index < -0.39 is 11.6 Å². The molecule has 0 spiro atoms. The van der Waals surface area contributed by atoms with Crippen LogP contribution in [-0.2, 0) is 0 Å². The van der Waals surface area contributed by atoms with Gasteiger partial charge in [-0.25, -0.2) is 13.2 Å². The summed E-state index contributed by atoms with van der Waals surface area (Å²) in [5.74, 6) is -1.69. The van der Waals surface area contributed by atoms with Gasteiger partial charge in [0, 0.05) is 11.8 Å². The number of hydrogen-bond acceptors (Lipinski definition) is 2. The summed E-state index contributed by atoms with van der Waals surface area (Å²) >= 11 is 0. The third kappa shape index (κ3) is 3.85. The molecule has 2 aromatic rings. The van der Waals surface area contributed by atoms with Crippen molar-refractivity contribution in [3.8, 4) is 0 Å². The lowest BCUT2D eigenvalue weighted by Gasteiger charge is -2.32. The minimum atomic E-state index is -0.877. The van der Waals surface area contributed by atoms with Crippen LogP contribution in [0.5, 0.6) is 0 Å². The smallest absolute Gasteiger partial charge is 0.160 e. The Bertz CT molecular complexity index is 652. The molecule has 1 unspecified atom stereocenters. The van der Waals surface area contributed by atoms with E-state index in [1.165, 1.54) is 18.2 Å². The van der Waals surface area contributed by atoms with E-state index in [0.29, 0.717) is 11.6 Å². The van der Waals surface area contributed by atoms with E-state index in [4.69, 9.17) is 0 Å². The van der Waals surface area contributed by atoms with Gasteiger partial charge in [-0.2, -0.15) is 0 Å². The Hall–Kier alpha value is -2.01. The number of halogens is 3. The first-order valence-electron chi connectivity index (χ1n) is 7.81. The van der Waals surface area contributed by atoms with Crippen molar-refractivity contribution in [2.75, 3.05) is 18.4 Å². The second-order valence-electron chi connectivity index (χ2n) is 5.89. The number of hydrogen-bond donors (Lipinski definition) is 2. The van der Waals surface area contributed by atoms with Gasteiger partial charge in [-0.15, -0.1) is 0 Å². The number of anilines is 1. The third-order valence-electron chi connectivity index (χ3n) is 4.33. The first-order valence-corrected chi connectivity index (χ1v) is 7.81. The standard InChI is InChI=1S/C18H19F3N2/c19-14-3-1-12(2-4-14)18(13-7-9-22-10-8-13)23-15-5-6-16(20)17(21)11-15/h1-6,11,13,18,22-23H,7-10H2. The molecule has 1 heterocycles. The van der Waals surface area contributed by atoms with Crippen molar-refractivity contribution in [1.29, 1.82) is 0 Å². The topological polar surface area (TPSA) is 24.1 Å². The molecule has 3 rings (SSSR count). The van der Waals surface area contributed by atoms with Crippen LogP contribution in [-0.4, -0.2) is 13.1 Å². The molecule has 5 heteroatoms. The van der Waals surface area contributed by atoms with Gasteiger partial charge >= 0.3 is 0 Å². The highest BCUT2D eigenvalue weighted by Crippen LogP contribution is 2.32. The van der Waals surface area contributed by atoms with Crippen molar-refractivity contribution in [2.24, 2.45) is 5.92 Å². The Morgan fingerprint density at radius 2 is 1.61 bits per heavy atom. The van der Waals surface area contributed by atoms with Gasteiger partial charge in [-0.05, 0) is 61.7 Å². The molecule has 1 aliphatic heterocycles. The minimum Gasteiger partial charge on any atom is -0.378 e. The van der Waals surface area contributed by atoms with Crippen LogP contribution >= 0.6 is 0 Å². The Morgan fingerprint density at radius 1 is 0.913 bits per heavy atom. The zero-order chi connectivity index (χ0) is 16.2. The van der Waals surface area contributed by atoms with E-state index in [2.05, 4.69) is 10.6 Å². The molecule has 0 aromatic heterocycles. The monoisotopic (exact) mass is 320 g/mol. The summed E-state index contributed by atoms with van der Waals surface area (Å²) in [4.78, 5) is 0. The van der Waals surface area contributed by atoms with E-state index >= 15 is 0 Å². The maximum Gasteiger partial charge on any atom is 0.160 e. The molecule has 0 radical (unpaired) electrons. The van der Waals surface area contributed by atoms with Crippen LogP contribution in [0, 0.1) is 23.4 Å². The Morgan fingerprint density at radius 3 is 2.26 bits per heavy atom. The van der Waals surface area contributed by atoms with E-state index in [-0.39, 0.29) is 11.9 Å². The van der Waals surface area contributed by atoms with Gasteiger partial charge in [-0.3, -0.25) is 0 Å². The van der Waals surface area contributed by atoms with E-state index in [1.807, 2.05) is 0 Å². The molecule has 2 nitrogen and oxygen atoms in total. The molecule has 23 heavy (non-hydrogen) atoms. The molecule has 0 bridgehead atoms. The second kappa shape index (κ2) is 7.04. The first kappa shape index (κ1) is 15.9. The molecule has 122 valence electrons. The summed E-state index contributed by atoms with van der Waals surface area (Å²) in [6, 6.07) is 10.1. The summed E-state index contributed by atoms with van der Waals surface area (Å²) in [6.45, 7) is 1.84. The predicted octanol–water partition coefficient (Wildman–Crippen LogP) is 4.26. The van der Waals surface area contributed by atoms with Gasteiger partial charge in [0.1, 0.15) is 5.82 Å². The minimum absolute atomic E-state index is 0.0671. The van der Waals surface area contributed by atoms with Crippen LogP contribution in [0.2, 0.25) is 0 Å². The molecule has 1 atom stereocenters. The quantitative estimate of drug-likeness (QED) is 0.880. The largest absolute Gasteiger partial charge is 0.378 e. The maximum atomic E-state index is 13.5. The Kier molecular flexibility index (Phi) is 4.86. The number of benzene rings is 2. The highest BCUT2D eigenvalue weighted by Gasteiger charge is 2.25. The maximum absolute atomic E-state index is 13.5. The highest BCUT2D eigenvalue weighted by atomic mass is 19.2. The van der Waals surface area contributed by atoms with Gasteiger partial charge in [-0.1, -0.05) is 12.1 Å². The van der Waals surface area contributed by atoms with Crippen molar-refractivity contribution in [3.05, 3.63) is 65.5 Å². The highest BCUT2D eigenvalue weighted by molar-refractivity contribution is 5.46. The average Bonchev–Trinajstić information content (AvgIpc) is 2.58. The normalized spacial score (nSPS) is 17.0. The van der Waals surface area contributed by atoms with Gasteiger partial charge in [0.05, 0.1) is 6.04 Å². The zero-order valence-corrected chi connectivity index (χ0v) is 12.7. The average molecular weight is 320 g/mol. The summed E-state index contributed by atoms with van der Waals surface area (Å²) in [5.41, 5.74) is 1.47. The van der Waals surface area contributed by atoms with Crippen LogP contribution in [0.4, 0.5) is 18.9 Å². The Labute approximate surface area is 133 Å². The number of piperidine rings is 1. The van der Waals surface area contributed by atoms with Crippen LogP contribution in [0.1, 0.15) is 24.4 Å². The predicted molar refractivity (Wildman–Crippen MR) is 84.7 cm³/mol. The first-order chi connectivity index (χ1) is 11.1. The molecule has 2 N–H and O–H groups in total. The molecular formula is C18H19F3N2. The van der Waals surface area contributed by atoms with E-state index in [1.54, 1.807) is 12.1 Å². The number of rotatable bonds is 4. The van der Waals surface area contributed by atoms with Crippen LogP contribution < -0.4 is 10.6 Å². The van der Waals surface area contributed by atoms with Crippen molar-refractivity contribution in [3.63, 3.8) is 0 Å². The van der Waals surface area contributed by atoms with Gasteiger partial charge in [0.25, 0.3) is 0 Å². The summed E-state index contributed by atoms with van der Waals surface area (Å²) < 4.78 is 39.8. The molecular weight excluding hydrogens is 301 g/mol. The molecule has 1 fully saturated rings. The fourth-order valence-corrected chi connectivity index (χ4v) is 3.09. The van der Waals surface area contributed by atoms with Crippen LogP contribution in [0.15, 0.2) is 42.5 Å². The van der Waals surface area contributed by atoms with Crippen LogP contribution in [0.3, 0.4) is 0 Å².